The Kier molecular flexibility index (Phi) is 54.3. The molecule has 396 valence electrons. The maximum Gasteiger partial charge on any atom is 0.306 e. The van der Waals surface area contributed by atoms with E-state index >= 15 is 0 Å². The number of ether oxygens (including phenoxy) is 3. The van der Waals surface area contributed by atoms with Crippen molar-refractivity contribution in [2.24, 2.45) is 0 Å². The fourth-order valence-corrected chi connectivity index (χ4v) is 7.97. The molecule has 0 fully saturated rings. The molecule has 69 heavy (non-hydrogen) atoms. The van der Waals surface area contributed by atoms with Crippen LogP contribution in [0.4, 0.5) is 0 Å². The van der Waals surface area contributed by atoms with E-state index in [4.69, 9.17) is 14.2 Å². The van der Waals surface area contributed by atoms with Gasteiger partial charge in [0.05, 0.1) is 0 Å². The first kappa shape index (κ1) is 65.6. The first-order valence-corrected chi connectivity index (χ1v) is 29.1. The molecule has 0 aliphatic rings. The number of rotatable bonds is 52. The van der Waals surface area contributed by atoms with E-state index in [1.165, 1.54) is 148 Å². The molecule has 0 amide bonds. The zero-order chi connectivity index (χ0) is 50.0. The molecule has 6 heteroatoms. The van der Waals surface area contributed by atoms with Crippen LogP contribution in [0.2, 0.25) is 0 Å². The number of carbonyl (C=O) groups is 3. The lowest BCUT2D eigenvalue weighted by Crippen LogP contribution is -2.30. The third-order valence-corrected chi connectivity index (χ3v) is 12.4. The number of carbonyl (C=O) groups excluding carboxylic acids is 3. The van der Waals surface area contributed by atoms with Crippen LogP contribution in [0.3, 0.4) is 0 Å². The van der Waals surface area contributed by atoms with E-state index in [0.717, 1.165) is 83.5 Å². The van der Waals surface area contributed by atoms with Crippen molar-refractivity contribution in [3.8, 4) is 0 Å². The smallest absolute Gasteiger partial charge is 0.306 e. The monoisotopic (exact) mass is 961 g/mol. The van der Waals surface area contributed by atoms with Crippen molar-refractivity contribution in [2.45, 2.75) is 284 Å². The number of esters is 3. The van der Waals surface area contributed by atoms with Crippen LogP contribution in [0.5, 0.6) is 0 Å². The summed E-state index contributed by atoms with van der Waals surface area (Å²) in [6.07, 6.45) is 74.3. The van der Waals surface area contributed by atoms with E-state index in [1.807, 2.05) is 0 Å². The Labute approximate surface area is 426 Å². The Morgan fingerprint density at radius 2 is 0.536 bits per heavy atom. The highest BCUT2D eigenvalue weighted by atomic mass is 16.6. The van der Waals surface area contributed by atoms with Gasteiger partial charge in [0.15, 0.2) is 6.10 Å². The average molecular weight is 962 g/mol. The Balaban J connectivity index is 4.48. The molecule has 0 spiro atoms. The highest BCUT2D eigenvalue weighted by Gasteiger charge is 2.19. The van der Waals surface area contributed by atoms with Gasteiger partial charge in [-0.1, -0.05) is 247 Å². The van der Waals surface area contributed by atoms with Crippen LogP contribution in [0.1, 0.15) is 278 Å². The molecule has 1 atom stereocenters. The van der Waals surface area contributed by atoms with Gasteiger partial charge in [0.2, 0.25) is 0 Å². The fourth-order valence-electron chi connectivity index (χ4n) is 7.97. The molecule has 0 saturated heterocycles. The molecule has 0 aliphatic heterocycles. The van der Waals surface area contributed by atoms with Crippen LogP contribution < -0.4 is 0 Å². The van der Waals surface area contributed by atoms with Crippen molar-refractivity contribution in [1.29, 1.82) is 0 Å². The molecular formula is C63H108O6. The van der Waals surface area contributed by atoms with Crippen LogP contribution in [0, 0.1) is 0 Å². The second-order valence-electron chi connectivity index (χ2n) is 19.2. The lowest BCUT2D eigenvalue weighted by molar-refractivity contribution is -0.167. The molecule has 0 rings (SSSR count). The van der Waals surface area contributed by atoms with E-state index < -0.39 is 6.10 Å². The maximum absolute atomic E-state index is 12.8. The largest absolute Gasteiger partial charge is 0.462 e. The third-order valence-electron chi connectivity index (χ3n) is 12.4. The van der Waals surface area contributed by atoms with Crippen LogP contribution in [-0.2, 0) is 28.6 Å². The van der Waals surface area contributed by atoms with Gasteiger partial charge in [-0.2, -0.15) is 0 Å². The van der Waals surface area contributed by atoms with E-state index in [2.05, 4.69) is 106 Å². The molecule has 0 saturated carbocycles. The van der Waals surface area contributed by atoms with Crippen LogP contribution >= 0.6 is 0 Å². The summed E-state index contributed by atoms with van der Waals surface area (Å²) < 4.78 is 16.8. The number of hydrogen-bond donors (Lipinski definition) is 0. The summed E-state index contributed by atoms with van der Waals surface area (Å²) in [5.74, 6) is -0.963. The molecule has 0 N–H and O–H groups in total. The van der Waals surface area contributed by atoms with Crippen molar-refractivity contribution < 1.29 is 28.6 Å². The number of hydrogen-bond acceptors (Lipinski definition) is 6. The van der Waals surface area contributed by atoms with Crippen molar-refractivity contribution in [2.75, 3.05) is 13.2 Å². The molecule has 0 aromatic heterocycles. The normalized spacial score (nSPS) is 12.7. The van der Waals surface area contributed by atoms with Gasteiger partial charge >= 0.3 is 17.9 Å². The lowest BCUT2D eigenvalue weighted by Gasteiger charge is -2.18. The predicted molar refractivity (Wildman–Crippen MR) is 297 cm³/mol. The van der Waals surface area contributed by atoms with Gasteiger partial charge in [-0.15, -0.1) is 0 Å². The first-order valence-electron chi connectivity index (χ1n) is 29.1. The van der Waals surface area contributed by atoms with E-state index in [1.54, 1.807) is 0 Å². The van der Waals surface area contributed by atoms with Gasteiger partial charge in [-0.05, 0) is 96.3 Å². The zero-order valence-electron chi connectivity index (χ0n) is 45.3. The molecule has 0 radical (unpaired) electrons. The first-order chi connectivity index (χ1) is 34.0. The molecular weight excluding hydrogens is 853 g/mol. The van der Waals surface area contributed by atoms with Gasteiger partial charge in [0, 0.05) is 19.3 Å². The Morgan fingerprint density at radius 1 is 0.290 bits per heavy atom. The molecule has 0 bridgehead atoms. The number of allylic oxidation sites excluding steroid dienone is 14. The van der Waals surface area contributed by atoms with E-state index in [0.29, 0.717) is 19.3 Å². The Bertz CT molecular complexity index is 1330. The van der Waals surface area contributed by atoms with Gasteiger partial charge < -0.3 is 14.2 Å². The topological polar surface area (TPSA) is 78.9 Å². The summed E-state index contributed by atoms with van der Waals surface area (Å²) in [6, 6.07) is 0. The second kappa shape index (κ2) is 57.2. The quantitative estimate of drug-likeness (QED) is 0.0262. The van der Waals surface area contributed by atoms with Crippen LogP contribution in [-0.4, -0.2) is 37.2 Å². The summed E-state index contributed by atoms with van der Waals surface area (Å²) >= 11 is 0. The molecule has 0 aromatic carbocycles. The summed E-state index contributed by atoms with van der Waals surface area (Å²) in [7, 11) is 0. The van der Waals surface area contributed by atoms with Crippen molar-refractivity contribution >= 4 is 17.9 Å². The Morgan fingerprint density at radius 3 is 0.884 bits per heavy atom. The molecule has 6 nitrogen and oxygen atoms in total. The van der Waals surface area contributed by atoms with Gasteiger partial charge in [-0.3, -0.25) is 14.4 Å². The average Bonchev–Trinajstić information content (AvgIpc) is 3.35. The van der Waals surface area contributed by atoms with Gasteiger partial charge in [-0.25, -0.2) is 0 Å². The summed E-state index contributed by atoms with van der Waals surface area (Å²) in [5, 5.41) is 0. The second-order valence-corrected chi connectivity index (χ2v) is 19.2. The predicted octanol–water partition coefficient (Wildman–Crippen LogP) is 19.5. The summed E-state index contributed by atoms with van der Waals surface area (Å²) in [5.41, 5.74) is 0. The minimum atomic E-state index is -0.810. The van der Waals surface area contributed by atoms with Crippen molar-refractivity contribution in [1.82, 2.24) is 0 Å². The molecule has 0 heterocycles. The van der Waals surface area contributed by atoms with Crippen molar-refractivity contribution in [3.63, 3.8) is 0 Å². The fraction of sp³-hybridized carbons (Fsp3) is 0.730. The SMILES string of the molecule is CCCCC/C=C\C/C=C\C/C=C\C/C=C\CCCC(=O)O[C@@H](COC(=O)CCCCCCCC/C=C\C/C=C\C/C=C\CCCCC)COC(=O)CCCCCCCCCCCCCCCCC. The van der Waals surface area contributed by atoms with E-state index in [-0.39, 0.29) is 37.5 Å². The summed E-state index contributed by atoms with van der Waals surface area (Å²) in [6.45, 7) is 6.55. The van der Waals surface area contributed by atoms with Crippen LogP contribution in [0.15, 0.2) is 85.1 Å². The maximum atomic E-state index is 12.8. The minimum absolute atomic E-state index is 0.101. The molecule has 0 unspecified atom stereocenters. The van der Waals surface area contributed by atoms with Gasteiger partial charge in [0.1, 0.15) is 13.2 Å². The standard InChI is InChI=1S/C63H108O6/c1-4-7-10-13-16-19-22-25-28-30-31-33-35-38-41-44-47-50-53-56-62(65)68-59-60(58-67-61(64)55-52-49-46-43-40-37-34-27-24-21-18-15-12-9-6-3)69-63(66)57-54-51-48-45-42-39-36-32-29-26-23-20-17-14-11-8-5-2/h16-17,19-20,25-26,28-29,31,33,36,39,45,48,60H,4-15,18,21-24,27,30,32,34-35,37-38,40-44,46-47,49-59H2,1-3H3/b19-16-,20-17-,28-25-,29-26-,33-31-,39-36-,48-45-/t60-/m1/s1. The zero-order valence-corrected chi connectivity index (χ0v) is 45.3. The van der Waals surface area contributed by atoms with Gasteiger partial charge in [0.25, 0.3) is 0 Å². The molecule has 0 aliphatic carbocycles. The highest BCUT2D eigenvalue weighted by molar-refractivity contribution is 5.71. The van der Waals surface area contributed by atoms with E-state index in [9.17, 15) is 14.4 Å². The van der Waals surface area contributed by atoms with Crippen LogP contribution in [0.25, 0.3) is 0 Å². The minimum Gasteiger partial charge on any atom is -0.462 e. The van der Waals surface area contributed by atoms with Crippen molar-refractivity contribution in [3.05, 3.63) is 85.1 Å². The summed E-state index contributed by atoms with van der Waals surface area (Å²) in [4.78, 5) is 38.2. The molecule has 0 aromatic rings. The number of unbranched alkanes of at least 4 members (excludes halogenated alkanes) is 27. The lowest BCUT2D eigenvalue weighted by atomic mass is 10.0. The highest BCUT2D eigenvalue weighted by Crippen LogP contribution is 2.15. The third kappa shape index (κ3) is 55.4. The Hall–Kier alpha value is -3.41.